The average Bonchev–Trinajstić information content (AvgIpc) is 3.21. The minimum absolute atomic E-state index is 0.00205. The monoisotopic (exact) mass is 385 g/mol. The number of nitrogens with zero attached hydrogens (tertiary/aromatic N) is 2. The number of thioether (sulfide) groups is 1. The third kappa shape index (κ3) is 4.24. The van der Waals surface area contributed by atoms with Crippen molar-refractivity contribution >= 4 is 28.6 Å². The maximum atomic E-state index is 12.9. The fraction of sp³-hybridized carbons (Fsp3) is 0.350. The molecule has 0 spiro atoms. The highest BCUT2D eigenvalue weighted by molar-refractivity contribution is 7.99. The van der Waals surface area contributed by atoms with Gasteiger partial charge in [0.15, 0.2) is 5.16 Å². The fourth-order valence-electron chi connectivity index (χ4n) is 2.82. The van der Waals surface area contributed by atoms with Crippen molar-refractivity contribution in [1.82, 2.24) is 14.9 Å². The highest BCUT2D eigenvalue weighted by atomic mass is 32.2. The second kappa shape index (κ2) is 8.43. The van der Waals surface area contributed by atoms with Crippen LogP contribution in [0, 0.1) is 0 Å². The summed E-state index contributed by atoms with van der Waals surface area (Å²) in [7, 11) is 0. The molecular formula is C20H23N3O3S. The quantitative estimate of drug-likeness (QED) is 0.492. The molecule has 0 saturated heterocycles. The van der Waals surface area contributed by atoms with Crippen LogP contribution in [0.2, 0.25) is 0 Å². The van der Waals surface area contributed by atoms with E-state index < -0.39 is 0 Å². The van der Waals surface area contributed by atoms with E-state index in [4.69, 9.17) is 4.42 Å². The van der Waals surface area contributed by atoms with E-state index in [1.54, 1.807) is 23.0 Å². The Hall–Kier alpha value is -2.54. The lowest BCUT2D eigenvalue weighted by Crippen LogP contribution is -2.29. The average molecular weight is 385 g/mol. The van der Waals surface area contributed by atoms with Crippen LogP contribution in [0.4, 0.5) is 0 Å². The van der Waals surface area contributed by atoms with E-state index in [0.29, 0.717) is 21.8 Å². The number of nitrogens with one attached hydrogen (secondary N) is 1. The van der Waals surface area contributed by atoms with Crippen molar-refractivity contribution in [3.8, 4) is 0 Å². The van der Waals surface area contributed by atoms with Gasteiger partial charge in [-0.25, -0.2) is 4.98 Å². The summed E-state index contributed by atoms with van der Waals surface area (Å²) in [6.07, 6.45) is 2.38. The van der Waals surface area contributed by atoms with Crippen molar-refractivity contribution in [3.05, 3.63) is 58.8 Å². The van der Waals surface area contributed by atoms with Crippen LogP contribution >= 0.6 is 11.8 Å². The number of hydrogen-bond donors (Lipinski definition) is 1. The van der Waals surface area contributed by atoms with Crippen LogP contribution in [0.3, 0.4) is 0 Å². The number of fused-ring (bicyclic) bond motifs is 1. The lowest BCUT2D eigenvalue weighted by atomic mass is 10.2. The molecule has 0 aliphatic heterocycles. The van der Waals surface area contributed by atoms with E-state index >= 15 is 0 Å². The maximum Gasteiger partial charge on any atom is 0.262 e. The van der Waals surface area contributed by atoms with Crippen molar-refractivity contribution in [2.45, 2.75) is 44.4 Å². The molecule has 1 amide bonds. The summed E-state index contributed by atoms with van der Waals surface area (Å²) in [6, 6.07) is 10.7. The summed E-state index contributed by atoms with van der Waals surface area (Å²) >= 11 is 1.28. The Bertz CT molecular complexity index is 982. The zero-order valence-electron chi connectivity index (χ0n) is 15.6. The Kier molecular flexibility index (Phi) is 6.01. The van der Waals surface area contributed by atoms with Crippen molar-refractivity contribution in [1.29, 1.82) is 0 Å². The number of amides is 1. The van der Waals surface area contributed by atoms with Gasteiger partial charge in [0.1, 0.15) is 5.76 Å². The number of benzene rings is 1. The summed E-state index contributed by atoms with van der Waals surface area (Å²) in [4.78, 5) is 29.9. The minimum Gasteiger partial charge on any atom is -0.467 e. The standard InChI is InChI=1S/C20H23N3O3S/c1-4-13(2)23-19(25)15-8-5-6-9-16(15)22-20(23)27-12-18(24)21-14(3)17-10-7-11-26-17/h5-11,13-14H,4,12H2,1-3H3,(H,21,24)/t13-,14-/m0/s1. The number of furan rings is 1. The lowest BCUT2D eigenvalue weighted by Gasteiger charge is -2.18. The number of rotatable bonds is 7. The highest BCUT2D eigenvalue weighted by Gasteiger charge is 2.18. The van der Waals surface area contributed by atoms with Crippen LogP contribution < -0.4 is 10.9 Å². The first-order valence-corrected chi connectivity index (χ1v) is 9.96. The molecule has 27 heavy (non-hydrogen) atoms. The SMILES string of the molecule is CC[C@H](C)n1c(SCC(=O)N[C@@H](C)c2ccco2)nc2ccccc2c1=O. The summed E-state index contributed by atoms with van der Waals surface area (Å²) < 4.78 is 7.00. The predicted octanol–water partition coefficient (Wildman–Crippen LogP) is 3.93. The molecule has 0 radical (unpaired) electrons. The third-order valence-corrected chi connectivity index (χ3v) is 5.44. The number of aromatic nitrogens is 2. The third-order valence-electron chi connectivity index (χ3n) is 4.49. The molecule has 7 heteroatoms. The number of carbonyl (C=O) groups excluding carboxylic acids is 1. The van der Waals surface area contributed by atoms with Gasteiger partial charge in [-0.1, -0.05) is 30.8 Å². The molecule has 2 atom stereocenters. The molecule has 1 aromatic carbocycles. The summed E-state index contributed by atoms with van der Waals surface area (Å²) in [5.41, 5.74) is 0.579. The molecule has 6 nitrogen and oxygen atoms in total. The van der Waals surface area contributed by atoms with Crippen LogP contribution in [0.15, 0.2) is 57.0 Å². The van der Waals surface area contributed by atoms with E-state index in [1.165, 1.54) is 11.8 Å². The molecule has 1 N–H and O–H groups in total. The second-order valence-corrected chi connectivity index (χ2v) is 7.38. The largest absolute Gasteiger partial charge is 0.467 e. The molecule has 0 aliphatic rings. The summed E-state index contributed by atoms with van der Waals surface area (Å²) in [6.45, 7) is 5.88. The van der Waals surface area contributed by atoms with Gasteiger partial charge in [0.05, 0.1) is 29.0 Å². The molecular weight excluding hydrogens is 362 g/mol. The van der Waals surface area contributed by atoms with E-state index in [-0.39, 0.29) is 29.3 Å². The van der Waals surface area contributed by atoms with Crippen LogP contribution in [-0.4, -0.2) is 21.2 Å². The first kappa shape index (κ1) is 19.2. The minimum atomic E-state index is -0.213. The molecule has 3 rings (SSSR count). The summed E-state index contributed by atoms with van der Waals surface area (Å²) in [5, 5.41) is 4.06. The van der Waals surface area contributed by atoms with Gasteiger partial charge in [-0.3, -0.25) is 14.2 Å². The number of para-hydroxylation sites is 1. The second-order valence-electron chi connectivity index (χ2n) is 6.44. The smallest absolute Gasteiger partial charge is 0.262 e. The molecule has 0 bridgehead atoms. The molecule has 142 valence electrons. The molecule has 0 aliphatic carbocycles. The van der Waals surface area contributed by atoms with Gasteiger partial charge in [0, 0.05) is 6.04 Å². The number of carbonyl (C=O) groups is 1. The van der Waals surface area contributed by atoms with Gasteiger partial charge >= 0.3 is 0 Å². The Morgan fingerprint density at radius 2 is 2.04 bits per heavy atom. The molecule has 2 aromatic heterocycles. The lowest BCUT2D eigenvalue weighted by molar-refractivity contribution is -0.119. The molecule has 3 aromatic rings. The van der Waals surface area contributed by atoms with E-state index in [9.17, 15) is 9.59 Å². The first-order chi connectivity index (χ1) is 13.0. The Labute approximate surface area is 162 Å². The van der Waals surface area contributed by atoms with E-state index in [0.717, 1.165) is 6.42 Å². The molecule has 0 fully saturated rings. The Balaban J connectivity index is 1.81. The maximum absolute atomic E-state index is 12.9. The van der Waals surface area contributed by atoms with Gasteiger partial charge in [-0.15, -0.1) is 0 Å². The van der Waals surface area contributed by atoms with Gasteiger partial charge in [0.25, 0.3) is 5.56 Å². The van der Waals surface area contributed by atoms with E-state index in [1.807, 2.05) is 45.0 Å². The zero-order chi connectivity index (χ0) is 19.4. The normalized spacial score (nSPS) is 13.4. The van der Waals surface area contributed by atoms with E-state index in [2.05, 4.69) is 10.3 Å². The van der Waals surface area contributed by atoms with Gasteiger partial charge in [0.2, 0.25) is 5.91 Å². The van der Waals surface area contributed by atoms with Crippen LogP contribution in [-0.2, 0) is 4.79 Å². The van der Waals surface area contributed by atoms with Gasteiger partial charge in [-0.05, 0) is 44.5 Å². The van der Waals surface area contributed by atoms with Crippen LogP contribution in [0.25, 0.3) is 10.9 Å². The zero-order valence-corrected chi connectivity index (χ0v) is 16.5. The van der Waals surface area contributed by atoms with Crippen molar-refractivity contribution < 1.29 is 9.21 Å². The predicted molar refractivity (Wildman–Crippen MR) is 107 cm³/mol. The fourth-order valence-corrected chi connectivity index (χ4v) is 3.73. The molecule has 0 unspecified atom stereocenters. The molecule has 2 heterocycles. The van der Waals surface area contributed by atoms with Crippen molar-refractivity contribution in [3.63, 3.8) is 0 Å². The topological polar surface area (TPSA) is 77.1 Å². The number of hydrogen-bond acceptors (Lipinski definition) is 5. The van der Waals surface area contributed by atoms with Crippen LogP contribution in [0.5, 0.6) is 0 Å². The van der Waals surface area contributed by atoms with Gasteiger partial charge in [-0.2, -0.15) is 0 Å². The van der Waals surface area contributed by atoms with Crippen LogP contribution in [0.1, 0.15) is 45.0 Å². The highest BCUT2D eigenvalue weighted by Crippen LogP contribution is 2.22. The Morgan fingerprint density at radius 3 is 2.74 bits per heavy atom. The molecule has 0 saturated carbocycles. The first-order valence-electron chi connectivity index (χ1n) is 8.98. The van der Waals surface area contributed by atoms with Crippen molar-refractivity contribution in [2.24, 2.45) is 0 Å². The summed E-state index contributed by atoms with van der Waals surface area (Å²) in [5.74, 6) is 0.738. The van der Waals surface area contributed by atoms with Crippen molar-refractivity contribution in [2.75, 3.05) is 5.75 Å². The van der Waals surface area contributed by atoms with Gasteiger partial charge < -0.3 is 9.73 Å². The Morgan fingerprint density at radius 1 is 1.26 bits per heavy atom.